The molecule has 0 amide bonds. The molecule has 3 rings (SSSR count). The first kappa shape index (κ1) is 15.4. The number of rotatable bonds is 6. The quantitative estimate of drug-likeness (QED) is 0.774. The van der Waals surface area contributed by atoms with Gasteiger partial charge in [-0.3, -0.25) is 0 Å². The van der Waals surface area contributed by atoms with Gasteiger partial charge in [0.05, 0.1) is 4.47 Å². The van der Waals surface area contributed by atoms with Crippen LogP contribution < -0.4 is 10.1 Å². The van der Waals surface area contributed by atoms with Crippen molar-refractivity contribution in [1.82, 2.24) is 5.32 Å². The van der Waals surface area contributed by atoms with Crippen LogP contribution in [0.15, 0.2) is 22.7 Å². The molecule has 1 N–H and O–H groups in total. The lowest BCUT2D eigenvalue weighted by Crippen LogP contribution is -2.30. The minimum Gasteiger partial charge on any atom is -0.489 e. The van der Waals surface area contributed by atoms with E-state index in [0.717, 1.165) is 28.7 Å². The third-order valence-electron chi connectivity index (χ3n) is 4.81. The van der Waals surface area contributed by atoms with E-state index in [2.05, 4.69) is 46.4 Å². The minimum atomic E-state index is 0.399. The van der Waals surface area contributed by atoms with E-state index in [9.17, 15) is 0 Å². The summed E-state index contributed by atoms with van der Waals surface area (Å²) >= 11 is 3.69. The highest BCUT2D eigenvalue weighted by Gasteiger charge is 2.26. The van der Waals surface area contributed by atoms with Crippen LogP contribution >= 0.6 is 15.9 Å². The lowest BCUT2D eigenvalue weighted by atomic mass is 9.85. The summed E-state index contributed by atoms with van der Waals surface area (Å²) in [6.45, 7) is 3.25. The molecule has 0 radical (unpaired) electrons. The maximum Gasteiger partial charge on any atom is 0.133 e. The largest absolute Gasteiger partial charge is 0.489 e. The highest BCUT2D eigenvalue weighted by atomic mass is 79.9. The predicted octanol–water partition coefficient (Wildman–Crippen LogP) is 5.05. The molecule has 0 spiro atoms. The maximum atomic E-state index is 6.32. The summed E-state index contributed by atoms with van der Waals surface area (Å²) < 4.78 is 7.41. The van der Waals surface area contributed by atoms with Gasteiger partial charge < -0.3 is 10.1 Å². The molecule has 21 heavy (non-hydrogen) atoms. The average molecular weight is 352 g/mol. The second kappa shape index (κ2) is 7.15. The molecule has 116 valence electrons. The second-order valence-electron chi connectivity index (χ2n) is 6.53. The van der Waals surface area contributed by atoms with Gasteiger partial charge in [0.2, 0.25) is 0 Å². The standard InChI is InChI=1S/C18H26BrNO/c1-2-14-5-3-4-6-17(14)21-18-10-7-13(11-16(18)19)12-20-15-8-9-15/h7,10-11,14-15,17,20H,2-6,8-9,12H2,1H3. The third kappa shape index (κ3) is 4.23. The molecular formula is C18H26BrNO. The Morgan fingerprint density at radius 2 is 2.00 bits per heavy atom. The van der Waals surface area contributed by atoms with Crippen LogP contribution in [0.4, 0.5) is 0 Å². The Balaban J connectivity index is 1.61. The molecule has 2 atom stereocenters. The summed E-state index contributed by atoms with van der Waals surface area (Å²) in [6, 6.07) is 7.29. The molecule has 0 heterocycles. The Kier molecular flexibility index (Phi) is 5.23. The normalized spacial score (nSPS) is 25.8. The van der Waals surface area contributed by atoms with Crippen molar-refractivity contribution in [2.24, 2.45) is 5.92 Å². The third-order valence-corrected chi connectivity index (χ3v) is 5.43. The van der Waals surface area contributed by atoms with Gasteiger partial charge in [-0.05, 0) is 78.1 Å². The molecule has 0 saturated heterocycles. The van der Waals surface area contributed by atoms with Crippen LogP contribution in [-0.4, -0.2) is 12.1 Å². The maximum absolute atomic E-state index is 6.32. The first-order valence-electron chi connectivity index (χ1n) is 8.44. The van der Waals surface area contributed by atoms with Gasteiger partial charge in [0, 0.05) is 12.6 Å². The molecule has 2 fully saturated rings. The van der Waals surface area contributed by atoms with Crippen molar-refractivity contribution in [2.75, 3.05) is 0 Å². The lowest BCUT2D eigenvalue weighted by molar-refractivity contribution is 0.0896. The van der Waals surface area contributed by atoms with Gasteiger partial charge in [0.1, 0.15) is 11.9 Å². The van der Waals surface area contributed by atoms with Gasteiger partial charge in [-0.25, -0.2) is 0 Å². The Hall–Kier alpha value is -0.540. The summed E-state index contributed by atoms with van der Waals surface area (Å²) in [5.41, 5.74) is 1.33. The number of halogens is 1. The van der Waals surface area contributed by atoms with Gasteiger partial charge in [-0.1, -0.05) is 19.4 Å². The fraction of sp³-hybridized carbons (Fsp3) is 0.667. The Bertz CT molecular complexity index is 472. The first-order valence-corrected chi connectivity index (χ1v) is 9.24. The Morgan fingerprint density at radius 1 is 1.19 bits per heavy atom. The van der Waals surface area contributed by atoms with Crippen LogP contribution in [0.2, 0.25) is 0 Å². The van der Waals surface area contributed by atoms with Crippen molar-refractivity contribution in [2.45, 2.75) is 70.6 Å². The Labute approximate surface area is 136 Å². The van der Waals surface area contributed by atoms with Crippen molar-refractivity contribution in [3.05, 3.63) is 28.2 Å². The number of benzene rings is 1. The molecule has 2 saturated carbocycles. The molecule has 2 nitrogen and oxygen atoms in total. The van der Waals surface area contributed by atoms with Crippen LogP contribution in [0.25, 0.3) is 0 Å². The fourth-order valence-corrected chi connectivity index (χ4v) is 3.78. The molecule has 1 aromatic carbocycles. The van der Waals surface area contributed by atoms with E-state index in [1.54, 1.807) is 0 Å². The molecular weight excluding hydrogens is 326 g/mol. The van der Waals surface area contributed by atoms with Gasteiger partial charge in [-0.15, -0.1) is 0 Å². The monoisotopic (exact) mass is 351 g/mol. The number of hydrogen-bond acceptors (Lipinski definition) is 2. The predicted molar refractivity (Wildman–Crippen MR) is 90.7 cm³/mol. The van der Waals surface area contributed by atoms with E-state index in [4.69, 9.17) is 4.74 Å². The van der Waals surface area contributed by atoms with Crippen molar-refractivity contribution in [1.29, 1.82) is 0 Å². The zero-order chi connectivity index (χ0) is 14.7. The fourth-order valence-electron chi connectivity index (χ4n) is 3.26. The van der Waals surface area contributed by atoms with Gasteiger partial charge >= 0.3 is 0 Å². The van der Waals surface area contributed by atoms with Crippen molar-refractivity contribution in [3.63, 3.8) is 0 Å². The van der Waals surface area contributed by atoms with E-state index in [1.165, 1.54) is 50.5 Å². The topological polar surface area (TPSA) is 21.3 Å². The van der Waals surface area contributed by atoms with Crippen LogP contribution in [0.3, 0.4) is 0 Å². The molecule has 2 unspecified atom stereocenters. The van der Waals surface area contributed by atoms with Crippen LogP contribution in [-0.2, 0) is 6.54 Å². The number of ether oxygens (including phenoxy) is 1. The molecule has 0 aliphatic heterocycles. The summed E-state index contributed by atoms with van der Waals surface area (Å²) in [5.74, 6) is 1.73. The van der Waals surface area contributed by atoms with Crippen LogP contribution in [0, 0.1) is 5.92 Å². The zero-order valence-corrected chi connectivity index (χ0v) is 14.5. The van der Waals surface area contributed by atoms with Crippen molar-refractivity contribution < 1.29 is 4.74 Å². The van der Waals surface area contributed by atoms with E-state index in [0.29, 0.717) is 6.10 Å². The lowest BCUT2D eigenvalue weighted by Gasteiger charge is -2.31. The molecule has 0 aromatic heterocycles. The zero-order valence-electron chi connectivity index (χ0n) is 12.9. The first-order chi connectivity index (χ1) is 10.3. The highest BCUT2D eigenvalue weighted by molar-refractivity contribution is 9.10. The van der Waals surface area contributed by atoms with Crippen molar-refractivity contribution >= 4 is 15.9 Å². The van der Waals surface area contributed by atoms with Crippen molar-refractivity contribution in [3.8, 4) is 5.75 Å². The summed E-state index contributed by atoms with van der Waals surface area (Å²) in [5, 5.41) is 3.56. The summed E-state index contributed by atoms with van der Waals surface area (Å²) in [7, 11) is 0. The Morgan fingerprint density at radius 3 is 2.71 bits per heavy atom. The molecule has 0 bridgehead atoms. The molecule has 2 aliphatic carbocycles. The number of nitrogens with one attached hydrogen (secondary N) is 1. The summed E-state index contributed by atoms with van der Waals surface area (Å²) in [6.07, 6.45) is 9.50. The minimum absolute atomic E-state index is 0.399. The van der Waals surface area contributed by atoms with Gasteiger partial charge in [0.15, 0.2) is 0 Å². The molecule has 3 heteroatoms. The number of hydrogen-bond donors (Lipinski definition) is 1. The van der Waals surface area contributed by atoms with Crippen LogP contribution in [0.1, 0.15) is 57.4 Å². The van der Waals surface area contributed by atoms with Gasteiger partial charge in [0.25, 0.3) is 0 Å². The van der Waals surface area contributed by atoms with Crippen LogP contribution in [0.5, 0.6) is 5.75 Å². The van der Waals surface area contributed by atoms with Gasteiger partial charge in [-0.2, -0.15) is 0 Å². The van der Waals surface area contributed by atoms with E-state index in [-0.39, 0.29) is 0 Å². The average Bonchev–Trinajstić information content (AvgIpc) is 3.32. The second-order valence-corrected chi connectivity index (χ2v) is 7.38. The van der Waals surface area contributed by atoms with E-state index in [1.807, 2.05) is 0 Å². The highest BCUT2D eigenvalue weighted by Crippen LogP contribution is 2.34. The van der Waals surface area contributed by atoms with E-state index >= 15 is 0 Å². The smallest absolute Gasteiger partial charge is 0.133 e. The SMILES string of the molecule is CCC1CCCCC1Oc1ccc(CNC2CC2)cc1Br. The summed E-state index contributed by atoms with van der Waals surface area (Å²) in [4.78, 5) is 0. The molecule has 2 aliphatic rings. The molecule has 1 aromatic rings. The van der Waals surface area contributed by atoms with E-state index < -0.39 is 0 Å².